The number of nitrogens with zero attached hydrogens (tertiary/aromatic N) is 3. The Bertz CT molecular complexity index is 759. The number of benzene rings is 1. The number of aromatic nitrogens is 2. The molecule has 0 amide bonds. The molecule has 0 aliphatic heterocycles. The molecule has 25 heavy (non-hydrogen) atoms. The van der Waals surface area contributed by atoms with Gasteiger partial charge in [-0.25, -0.2) is 9.98 Å². The van der Waals surface area contributed by atoms with Crippen molar-refractivity contribution >= 4 is 23.3 Å². The number of hydrogen-bond donors (Lipinski definition) is 2. The lowest BCUT2D eigenvalue weighted by Gasteiger charge is -2.26. The van der Waals surface area contributed by atoms with E-state index in [4.69, 9.17) is 17.3 Å². The van der Waals surface area contributed by atoms with E-state index >= 15 is 0 Å². The molecule has 3 N–H and O–H groups in total. The van der Waals surface area contributed by atoms with Crippen molar-refractivity contribution in [3.8, 4) is 0 Å². The van der Waals surface area contributed by atoms with Crippen LogP contribution in [0.15, 0.2) is 52.9 Å². The molecule has 134 valence electrons. The van der Waals surface area contributed by atoms with Crippen LogP contribution in [0.1, 0.15) is 45.4 Å². The van der Waals surface area contributed by atoms with E-state index in [1.807, 2.05) is 41.8 Å². The number of nitrogens with two attached hydrogens (primary N) is 1. The number of nitrogen functional groups attached to an aromatic ring is 1. The van der Waals surface area contributed by atoms with Crippen LogP contribution in [0.3, 0.4) is 0 Å². The Labute approximate surface area is 154 Å². The maximum Gasteiger partial charge on any atom is 0.157 e. The number of hydrogen-bond acceptors (Lipinski definition) is 3. The number of imidazole rings is 1. The average Bonchev–Trinajstić information content (AvgIpc) is 3.01. The third kappa shape index (κ3) is 4.63. The van der Waals surface area contributed by atoms with E-state index in [2.05, 4.69) is 36.1 Å². The molecule has 0 aliphatic rings. The number of halogens is 1. The van der Waals surface area contributed by atoms with Gasteiger partial charge in [0.25, 0.3) is 0 Å². The number of aliphatic imine (C=N–C) groups is 1. The minimum absolute atomic E-state index is 0.121. The molecule has 1 aromatic heterocycles. The molecule has 0 bridgehead atoms. The van der Waals surface area contributed by atoms with Gasteiger partial charge in [0.15, 0.2) is 5.84 Å². The molecule has 0 aliphatic carbocycles. The second-order valence-electron chi connectivity index (χ2n) is 6.43. The van der Waals surface area contributed by atoms with Crippen molar-refractivity contribution in [3.63, 3.8) is 0 Å². The molecule has 0 fully saturated rings. The Morgan fingerprint density at radius 1 is 1.36 bits per heavy atom. The van der Waals surface area contributed by atoms with Crippen molar-refractivity contribution < 1.29 is 0 Å². The molecule has 2 rings (SSSR count). The first kappa shape index (κ1) is 19.1. The first-order valence-corrected chi connectivity index (χ1v) is 8.78. The molecule has 5 nitrogen and oxygen atoms in total. The van der Waals surface area contributed by atoms with Crippen molar-refractivity contribution in [1.29, 1.82) is 0 Å². The van der Waals surface area contributed by atoms with Gasteiger partial charge in [0.2, 0.25) is 0 Å². The van der Waals surface area contributed by atoms with Gasteiger partial charge in [0, 0.05) is 12.1 Å². The summed E-state index contributed by atoms with van der Waals surface area (Å²) in [5, 5.41) is 3.70. The molecule has 2 aromatic rings. The second kappa shape index (κ2) is 8.21. The Kier molecular flexibility index (Phi) is 6.26. The first-order valence-electron chi connectivity index (χ1n) is 8.41. The third-order valence-corrected chi connectivity index (χ3v) is 4.61. The highest BCUT2D eigenvalue weighted by atomic mass is 35.5. The number of nitrogens with one attached hydrogen (secondary N) is 1. The lowest BCUT2D eigenvalue weighted by atomic mass is 10.0. The molecule has 0 saturated heterocycles. The van der Waals surface area contributed by atoms with Crippen LogP contribution in [-0.4, -0.2) is 15.4 Å². The van der Waals surface area contributed by atoms with Crippen LogP contribution in [0, 0.1) is 0 Å². The van der Waals surface area contributed by atoms with E-state index in [1.165, 1.54) is 0 Å². The van der Waals surface area contributed by atoms with Crippen molar-refractivity contribution in [1.82, 2.24) is 14.9 Å². The van der Waals surface area contributed by atoms with Gasteiger partial charge in [-0.15, -0.1) is 0 Å². The molecular formula is C19H26ClN5. The highest BCUT2D eigenvalue weighted by Crippen LogP contribution is 2.25. The summed E-state index contributed by atoms with van der Waals surface area (Å²) in [6.45, 7) is 8.82. The number of allylic oxidation sites excluding steroid dienone is 1. The quantitative estimate of drug-likeness (QED) is 0.460. The van der Waals surface area contributed by atoms with E-state index < -0.39 is 0 Å². The van der Waals surface area contributed by atoms with Crippen LogP contribution in [-0.2, 0) is 12.1 Å². The monoisotopic (exact) mass is 359 g/mol. The normalized spacial score (nSPS) is 13.2. The zero-order chi connectivity index (χ0) is 18.4. The lowest BCUT2D eigenvalue weighted by Crippen LogP contribution is -2.28. The zero-order valence-corrected chi connectivity index (χ0v) is 16.0. The van der Waals surface area contributed by atoms with E-state index in [0.717, 1.165) is 12.0 Å². The second-order valence-corrected chi connectivity index (χ2v) is 6.81. The molecular weight excluding hydrogens is 334 g/mol. The first-order chi connectivity index (χ1) is 11.9. The Balaban J connectivity index is 2.35. The highest BCUT2D eigenvalue weighted by molar-refractivity contribution is 6.30. The molecule has 0 spiro atoms. The Morgan fingerprint density at radius 2 is 2.04 bits per heavy atom. The predicted molar refractivity (Wildman–Crippen MR) is 106 cm³/mol. The average molecular weight is 360 g/mol. The van der Waals surface area contributed by atoms with Crippen LogP contribution >= 0.6 is 11.6 Å². The van der Waals surface area contributed by atoms with Crippen molar-refractivity contribution in [2.75, 3.05) is 5.73 Å². The maximum absolute atomic E-state index is 6.37. The fourth-order valence-corrected chi connectivity index (χ4v) is 2.41. The van der Waals surface area contributed by atoms with Crippen LogP contribution in [0.2, 0.25) is 0 Å². The van der Waals surface area contributed by atoms with Crippen LogP contribution in [0.5, 0.6) is 0 Å². The van der Waals surface area contributed by atoms with Crippen molar-refractivity contribution in [3.05, 3.63) is 59.1 Å². The molecule has 0 saturated carbocycles. The standard InChI is InChI=1S/C19H26ClN5/c1-5-15(20)24-18(22-12-14-10-8-7-9-11-14)16-17(21)25(13-23-16)19(3,4)6-2/h5,7-11,13H,6,12,21H2,1-4H3,(H,22,24)/b15-5-. The van der Waals surface area contributed by atoms with E-state index in [-0.39, 0.29) is 5.54 Å². The van der Waals surface area contributed by atoms with Gasteiger partial charge < -0.3 is 15.6 Å². The van der Waals surface area contributed by atoms with Gasteiger partial charge in [-0.2, -0.15) is 0 Å². The lowest BCUT2D eigenvalue weighted by molar-refractivity contribution is 0.346. The van der Waals surface area contributed by atoms with Gasteiger partial charge in [0.1, 0.15) is 16.7 Å². The predicted octanol–water partition coefficient (Wildman–Crippen LogP) is 4.25. The minimum atomic E-state index is -0.121. The summed E-state index contributed by atoms with van der Waals surface area (Å²) in [6, 6.07) is 10.1. The summed E-state index contributed by atoms with van der Waals surface area (Å²) in [6.07, 6.45) is 4.43. The molecule has 1 heterocycles. The fourth-order valence-electron chi connectivity index (χ4n) is 2.32. The fraction of sp³-hybridized carbons (Fsp3) is 0.368. The molecule has 0 unspecified atom stereocenters. The largest absolute Gasteiger partial charge is 0.383 e. The number of anilines is 1. The van der Waals surface area contributed by atoms with E-state index in [9.17, 15) is 0 Å². The summed E-state index contributed by atoms with van der Waals surface area (Å²) < 4.78 is 1.98. The van der Waals surface area contributed by atoms with Gasteiger partial charge in [0.05, 0.1) is 6.33 Å². The van der Waals surface area contributed by atoms with E-state index in [1.54, 1.807) is 12.4 Å². The van der Waals surface area contributed by atoms with Crippen LogP contribution < -0.4 is 11.1 Å². The Hall–Kier alpha value is -2.27. The van der Waals surface area contributed by atoms with Gasteiger partial charge >= 0.3 is 0 Å². The summed E-state index contributed by atoms with van der Waals surface area (Å²) >= 11 is 6.13. The van der Waals surface area contributed by atoms with Crippen LogP contribution in [0.4, 0.5) is 5.82 Å². The zero-order valence-electron chi connectivity index (χ0n) is 15.3. The molecule has 0 radical (unpaired) electrons. The summed E-state index contributed by atoms with van der Waals surface area (Å²) in [4.78, 5) is 8.93. The molecule has 0 atom stereocenters. The van der Waals surface area contributed by atoms with Gasteiger partial charge in [-0.3, -0.25) is 0 Å². The topological polar surface area (TPSA) is 68.2 Å². The number of amidine groups is 1. The van der Waals surface area contributed by atoms with Crippen molar-refractivity contribution in [2.45, 2.75) is 46.2 Å². The number of rotatable bonds is 6. The smallest absolute Gasteiger partial charge is 0.157 e. The maximum atomic E-state index is 6.37. The SMILES string of the molecule is C/C=C(Cl)\N=C(\NCc1ccccc1)c1ncn(C(C)(C)CC)c1N. The van der Waals surface area contributed by atoms with Gasteiger partial charge in [-0.05, 0) is 32.8 Å². The van der Waals surface area contributed by atoms with Crippen LogP contribution in [0.25, 0.3) is 0 Å². The minimum Gasteiger partial charge on any atom is -0.383 e. The Morgan fingerprint density at radius 3 is 2.64 bits per heavy atom. The summed E-state index contributed by atoms with van der Waals surface area (Å²) in [7, 11) is 0. The van der Waals surface area contributed by atoms with Gasteiger partial charge in [-0.1, -0.05) is 54.9 Å². The highest BCUT2D eigenvalue weighted by Gasteiger charge is 2.23. The van der Waals surface area contributed by atoms with Crippen molar-refractivity contribution in [2.24, 2.45) is 4.99 Å². The molecule has 1 aromatic carbocycles. The summed E-state index contributed by atoms with van der Waals surface area (Å²) in [5.41, 5.74) is 7.99. The van der Waals surface area contributed by atoms with E-state index in [0.29, 0.717) is 29.0 Å². The third-order valence-electron chi connectivity index (χ3n) is 4.31. The molecule has 6 heteroatoms. The summed E-state index contributed by atoms with van der Waals surface area (Å²) in [5.74, 6) is 1.14.